The predicted octanol–water partition coefficient (Wildman–Crippen LogP) is 2.29. The van der Waals surface area contributed by atoms with Crippen molar-refractivity contribution in [2.24, 2.45) is 0 Å². The highest BCUT2D eigenvalue weighted by atomic mass is 19.1. The summed E-state index contributed by atoms with van der Waals surface area (Å²) in [5.74, 6) is -0.938. The third-order valence-electron chi connectivity index (χ3n) is 1.86. The summed E-state index contributed by atoms with van der Waals surface area (Å²) in [5, 5.41) is 0. The zero-order valence-electron chi connectivity index (χ0n) is 10.3. The zero-order chi connectivity index (χ0) is 13.1. The molecule has 5 heteroatoms. The normalized spacial score (nSPS) is 11.1. The van der Waals surface area contributed by atoms with Gasteiger partial charge in [0, 0.05) is 5.56 Å². The van der Waals surface area contributed by atoms with E-state index in [1.807, 2.05) is 0 Å². The lowest BCUT2D eigenvalue weighted by Crippen LogP contribution is -2.33. The van der Waals surface area contributed by atoms with Crippen molar-refractivity contribution < 1.29 is 18.8 Å². The summed E-state index contributed by atoms with van der Waals surface area (Å²) in [6, 6.07) is 3.85. The largest absolute Gasteiger partial charge is 0.494 e. The smallest absolute Gasteiger partial charge is 0.274 e. The van der Waals surface area contributed by atoms with Crippen molar-refractivity contribution >= 4 is 5.91 Å². The summed E-state index contributed by atoms with van der Waals surface area (Å²) < 4.78 is 17.9. The fourth-order valence-electron chi connectivity index (χ4n) is 1.06. The molecule has 0 aliphatic rings. The number of halogens is 1. The van der Waals surface area contributed by atoms with E-state index in [0.717, 1.165) is 0 Å². The van der Waals surface area contributed by atoms with E-state index in [1.54, 1.807) is 20.8 Å². The number of nitrogens with one attached hydrogen (secondary N) is 1. The van der Waals surface area contributed by atoms with Crippen molar-refractivity contribution in [3.8, 4) is 5.75 Å². The van der Waals surface area contributed by atoms with Crippen molar-refractivity contribution in [1.82, 2.24) is 5.48 Å². The summed E-state index contributed by atoms with van der Waals surface area (Å²) in [4.78, 5) is 16.8. The van der Waals surface area contributed by atoms with Crippen molar-refractivity contribution in [3.63, 3.8) is 0 Å². The molecule has 0 bridgehead atoms. The molecule has 0 aliphatic carbocycles. The Balaban J connectivity index is 2.76. The lowest BCUT2D eigenvalue weighted by Gasteiger charge is -2.19. The van der Waals surface area contributed by atoms with Crippen molar-refractivity contribution in [2.45, 2.75) is 26.4 Å². The highest BCUT2D eigenvalue weighted by Gasteiger charge is 2.15. The van der Waals surface area contributed by atoms with Crippen molar-refractivity contribution in [2.75, 3.05) is 7.11 Å². The van der Waals surface area contributed by atoms with Crippen LogP contribution in [0.5, 0.6) is 5.75 Å². The van der Waals surface area contributed by atoms with Crippen LogP contribution in [0.3, 0.4) is 0 Å². The Morgan fingerprint density at radius 2 is 2.00 bits per heavy atom. The first-order chi connectivity index (χ1) is 7.83. The van der Waals surface area contributed by atoms with Gasteiger partial charge in [-0.3, -0.25) is 9.63 Å². The van der Waals surface area contributed by atoms with Gasteiger partial charge in [-0.25, -0.2) is 9.87 Å². The number of carbonyl (C=O) groups excluding carboxylic acids is 1. The van der Waals surface area contributed by atoms with E-state index in [-0.39, 0.29) is 11.3 Å². The molecule has 0 fully saturated rings. The Morgan fingerprint density at radius 3 is 2.53 bits per heavy atom. The third-order valence-corrected chi connectivity index (χ3v) is 1.86. The first kappa shape index (κ1) is 13.4. The number of rotatable bonds is 3. The molecule has 1 aromatic carbocycles. The molecule has 0 saturated heterocycles. The Hall–Kier alpha value is -1.62. The first-order valence-electron chi connectivity index (χ1n) is 5.15. The Kier molecular flexibility index (Phi) is 4.07. The lowest BCUT2D eigenvalue weighted by atomic mass is 10.2. The molecule has 1 N–H and O–H groups in total. The third kappa shape index (κ3) is 4.03. The van der Waals surface area contributed by atoms with Crippen LogP contribution in [0.15, 0.2) is 18.2 Å². The van der Waals surface area contributed by atoms with Gasteiger partial charge in [-0.15, -0.1) is 0 Å². The minimum atomic E-state index is -0.513. The number of hydrogen-bond donors (Lipinski definition) is 1. The molecule has 1 amide bonds. The molecule has 17 heavy (non-hydrogen) atoms. The molecule has 94 valence electrons. The van der Waals surface area contributed by atoms with Crippen LogP contribution in [0.2, 0.25) is 0 Å². The molecule has 0 radical (unpaired) electrons. The summed E-state index contributed by atoms with van der Waals surface area (Å²) in [7, 11) is 1.34. The van der Waals surface area contributed by atoms with Gasteiger partial charge in [-0.2, -0.15) is 0 Å². The highest BCUT2D eigenvalue weighted by molar-refractivity contribution is 5.93. The average Bonchev–Trinajstić information content (AvgIpc) is 2.25. The van der Waals surface area contributed by atoms with E-state index in [9.17, 15) is 9.18 Å². The molecule has 0 unspecified atom stereocenters. The van der Waals surface area contributed by atoms with E-state index in [1.165, 1.54) is 25.3 Å². The Morgan fingerprint density at radius 1 is 1.35 bits per heavy atom. The van der Waals surface area contributed by atoms with Gasteiger partial charge in [0.15, 0.2) is 11.6 Å². The molecule has 0 aliphatic heterocycles. The van der Waals surface area contributed by atoms with Gasteiger partial charge < -0.3 is 4.74 Å². The van der Waals surface area contributed by atoms with Crippen molar-refractivity contribution in [3.05, 3.63) is 29.6 Å². The first-order valence-corrected chi connectivity index (χ1v) is 5.15. The van der Waals surface area contributed by atoms with Gasteiger partial charge in [-0.05, 0) is 39.0 Å². The van der Waals surface area contributed by atoms with Crippen LogP contribution < -0.4 is 10.2 Å². The monoisotopic (exact) mass is 241 g/mol. The van der Waals surface area contributed by atoms with Crippen LogP contribution in [-0.4, -0.2) is 18.6 Å². The molecule has 1 aromatic rings. The molecule has 1 rings (SSSR count). The van der Waals surface area contributed by atoms with Crippen LogP contribution >= 0.6 is 0 Å². The maximum absolute atomic E-state index is 13.1. The molecular formula is C12H16FNO3. The predicted molar refractivity (Wildman–Crippen MR) is 61.3 cm³/mol. The number of benzene rings is 1. The van der Waals surface area contributed by atoms with E-state index < -0.39 is 17.3 Å². The topological polar surface area (TPSA) is 47.6 Å². The fraction of sp³-hybridized carbons (Fsp3) is 0.417. The van der Waals surface area contributed by atoms with Crippen LogP contribution in [0.1, 0.15) is 31.1 Å². The van der Waals surface area contributed by atoms with Crippen LogP contribution in [0, 0.1) is 5.82 Å². The summed E-state index contributed by atoms with van der Waals surface area (Å²) in [6.45, 7) is 5.41. The number of hydrogen-bond acceptors (Lipinski definition) is 3. The zero-order valence-corrected chi connectivity index (χ0v) is 10.3. The Labute approximate surface area is 99.7 Å². The van der Waals surface area contributed by atoms with Gasteiger partial charge in [-0.1, -0.05) is 0 Å². The van der Waals surface area contributed by atoms with E-state index >= 15 is 0 Å². The number of ether oxygens (including phenoxy) is 1. The average molecular weight is 241 g/mol. The van der Waals surface area contributed by atoms with Crippen molar-refractivity contribution in [1.29, 1.82) is 0 Å². The molecule has 0 saturated carbocycles. The molecule has 0 aromatic heterocycles. The summed E-state index contributed by atoms with van der Waals surface area (Å²) in [5.41, 5.74) is 2.08. The van der Waals surface area contributed by atoms with Gasteiger partial charge in [0.1, 0.15) is 0 Å². The molecule has 0 heterocycles. The maximum Gasteiger partial charge on any atom is 0.274 e. The summed E-state index contributed by atoms with van der Waals surface area (Å²) >= 11 is 0. The lowest BCUT2D eigenvalue weighted by molar-refractivity contribution is -0.0589. The Bertz CT molecular complexity index is 413. The fourth-order valence-corrected chi connectivity index (χ4v) is 1.06. The minimum Gasteiger partial charge on any atom is -0.494 e. The second-order valence-corrected chi connectivity index (χ2v) is 4.49. The van der Waals surface area contributed by atoms with Crippen LogP contribution in [-0.2, 0) is 4.84 Å². The second-order valence-electron chi connectivity index (χ2n) is 4.49. The van der Waals surface area contributed by atoms with Gasteiger partial charge >= 0.3 is 0 Å². The van der Waals surface area contributed by atoms with E-state index in [4.69, 9.17) is 9.57 Å². The molecular weight excluding hydrogens is 225 g/mol. The van der Waals surface area contributed by atoms with E-state index in [2.05, 4.69) is 5.48 Å². The number of hydroxylamine groups is 1. The number of methoxy groups -OCH3 is 1. The highest BCUT2D eigenvalue weighted by Crippen LogP contribution is 2.18. The molecule has 4 nitrogen and oxygen atoms in total. The quantitative estimate of drug-likeness (QED) is 0.826. The SMILES string of the molecule is COc1cc(C(=O)NOC(C)(C)C)ccc1F. The number of carbonyl (C=O) groups is 1. The van der Waals surface area contributed by atoms with Gasteiger partial charge in [0.2, 0.25) is 0 Å². The molecule has 0 atom stereocenters. The van der Waals surface area contributed by atoms with Gasteiger partial charge in [0.25, 0.3) is 5.91 Å². The number of amides is 1. The maximum atomic E-state index is 13.1. The van der Waals surface area contributed by atoms with E-state index in [0.29, 0.717) is 0 Å². The standard InChI is InChI=1S/C12H16FNO3/c1-12(2,3)17-14-11(15)8-5-6-9(13)10(7-8)16-4/h5-7H,1-4H3,(H,14,15). The summed E-state index contributed by atoms with van der Waals surface area (Å²) in [6.07, 6.45) is 0. The van der Waals surface area contributed by atoms with Crippen LogP contribution in [0.25, 0.3) is 0 Å². The molecule has 0 spiro atoms. The second kappa shape index (κ2) is 5.14. The van der Waals surface area contributed by atoms with Gasteiger partial charge in [0.05, 0.1) is 12.7 Å². The van der Waals surface area contributed by atoms with Crippen LogP contribution in [0.4, 0.5) is 4.39 Å². The minimum absolute atomic E-state index is 0.0217.